The van der Waals surface area contributed by atoms with Crippen LogP contribution in [0.3, 0.4) is 0 Å². The van der Waals surface area contributed by atoms with Crippen molar-refractivity contribution in [2.24, 2.45) is 4.99 Å². The van der Waals surface area contributed by atoms with Crippen LogP contribution in [0, 0.1) is 0 Å². The molecule has 1 aliphatic rings. The minimum absolute atomic E-state index is 0.0456. The van der Waals surface area contributed by atoms with Crippen molar-refractivity contribution in [1.82, 2.24) is 9.88 Å². The van der Waals surface area contributed by atoms with E-state index in [9.17, 15) is 19.2 Å². The first-order valence-corrected chi connectivity index (χ1v) is 8.06. The smallest absolute Gasteiger partial charge is 0.276 e. The number of fused-ring (bicyclic) bond motifs is 1. The highest BCUT2D eigenvalue weighted by atomic mass is 16.2. The molecule has 0 spiro atoms. The van der Waals surface area contributed by atoms with Crippen LogP contribution in [0.5, 0.6) is 0 Å². The molecule has 1 aromatic carbocycles. The van der Waals surface area contributed by atoms with Crippen molar-refractivity contribution >= 4 is 23.6 Å². The van der Waals surface area contributed by atoms with Crippen molar-refractivity contribution < 1.29 is 14.4 Å². The number of isocyanates is 1. The zero-order chi connectivity index (χ0) is 18.5. The molecule has 0 fully saturated rings. The summed E-state index contributed by atoms with van der Waals surface area (Å²) in [6.45, 7) is 0.220. The maximum Gasteiger partial charge on any atom is 0.276 e. The lowest BCUT2D eigenvalue weighted by molar-refractivity contribution is 0.0953. The van der Waals surface area contributed by atoms with E-state index in [1.54, 1.807) is 30.3 Å². The van der Waals surface area contributed by atoms with E-state index in [2.05, 4.69) is 15.6 Å². The van der Waals surface area contributed by atoms with Crippen molar-refractivity contribution in [2.45, 2.75) is 19.5 Å². The van der Waals surface area contributed by atoms with Gasteiger partial charge in [0.15, 0.2) is 0 Å². The highest BCUT2D eigenvalue weighted by Crippen LogP contribution is 2.17. The number of nitrogens with zero attached hydrogens (tertiary/aromatic N) is 2. The fourth-order valence-electron chi connectivity index (χ4n) is 2.84. The largest absolute Gasteiger partial charge is 0.352 e. The van der Waals surface area contributed by atoms with Gasteiger partial charge in [-0.05, 0) is 31.0 Å². The van der Waals surface area contributed by atoms with Crippen molar-refractivity contribution in [3.05, 3.63) is 63.6 Å². The fourth-order valence-corrected chi connectivity index (χ4v) is 2.84. The van der Waals surface area contributed by atoms with Crippen molar-refractivity contribution in [1.29, 1.82) is 0 Å². The summed E-state index contributed by atoms with van der Waals surface area (Å²) in [5, 5.41) is 5.28. The van der Waals surface area contributed by atoms with E-state index >= 15 is 0 Å². The Hall–Kier alpha value is -3.51. The van der Waals surface area contributed by atoms with Crippen molar-refractivity contribution in [2.75, 3.05) is 11.9 Å². The zero-order valence-corrected chi connectivity index (χ0v) is 13.8. The quantitative estimate of drug-likeness (QED) is 0.633. The number of rotatable bonds is 4. The number of hydrogen-bond donors (Lipinski definition) is 2. The van der Waals surface area contributed by atoms with Crippen molar-refractivity contribution in [3.63, 3.8) is 0 Å². The number of pyridine rings is 1. The Labute approximate surface area is 148 Å². The molecule has 1 aliphatic heterocycles. The molecule has 0 saturated carbocycles. The summed E-state index contributed by atoms with van der Waals surface area (Å²) < 4.78 is 1.23. The summed E-state index contributed by atoms with van der Waals surface area (Å²) in [7, 11) is 0. The number of hydrogen-bond acceptors (Lipinski definition) is 5. The normalized spacial score (nSPS) is 13.0. The van der Waals surface area contributed by atoms with Crippen molar-refractivity contribution in [3.8, 4) is 0 Å². The Bertz CT molecular complexity index is 959. The molecule has 2 N–H and O–H groups in total. The van der Waals surface area contributed by atoms with Crippen LogP contribution >= 0.6 is 0 Å². The second-order valence-electron chi connectivity index (χ2n) is 5.72. The molecule has 2 aromatic rings. The number of carbonyl (C=O) groups is 2. The van der Waals surface area contributed by atoms with Gasteiger partial charge in [-0.1, -0.05) is 18.2 Å². The van der Waals surface area contributed by atoms with Gasteiger partial charge in [-0.25, -0.2) is 4.79 Å². The molecule has 132 valence electrons. The molecule has 0 unspecified atom stereocenters. The zero-order valence-electron chi connectivity index (χ0n) is 13.8. The molecular weight excluding hydrogens is 336 g/mol. The van der Waals surface area contributed by atoms with Crippen LogP contribution in [-0.2, 0) is 17.9 Å². The second-order valence-corrected chi connectivity index (χ2v) is 5.72. The molecule has 3 rings (SSSR count). The average molecular weight is 352 g/mol. The molecule has 2 heterocycles. The minimum Gasteiger partial charge on any atom is -0.352 e. The molecule has 1 aromatic heterocycles. The maximum absolute atomic E-state index is 12.8. The van der Waals surface area contributed by atoms with Gasteiger partial charge in [-0.3, -0.25) is 19.0 Å². The molecule has 0 aliphatic carbocycles. The van der Waals surface area contributed by atoms with Crippen LogP contribution in [0.2, 0.25) is 0 Å². The number of amides is 2. The predicted molar refractivity (Wildman–Crippen MR) is 93.9 cm³/mol. The van der Waals surface area contributed by atoms with Crippen LogP contribution in [0.15, 0.2) is 46.2 Å². The van der Waals surface area contributed by atoms with Crippen LogP contribution in [0.1, 0.15) is 32.8 Å². The van der Waals surface area contributed by atoms with Gasteiger partial charge < -0.3 is 10.6 Å². The molecule has 0 radical (unpaired) electrons. The summed E-state index contributed by atoms with van der Waals surface area (Å²) in [6.07, 6.45) is 2.52. The Balaban J connectivity index is 2.08. The Morgan fingerprint density at radius 2 is 2.04 bits per heavy atom. The topological polar surface area (TPSA) is 110 Å². The fraction of sp³-hybridized carbons (Fsp3) is 0.222. The Morgan fingerprint density at radius 3 is 2.77 bits per heavy atom. The van der Waals surface area contributed by atoms with Gasteiger partial charge in [0, 0.05) is 17.8 Å². The maximum atomic E-state index is 12.8. The average Bonchev–Trinajstić information content (AvgIpc) is 2.84. The first-order valence-electron chi connectivity index (χ1n) is 8.06. The number of carbonyl (C=O) groups excluding carboxylic acids is 3. The lowest BCUT2D eigenvalue weighted by atomic mass is 10.1. The van der Waals surface area contributed by atoms with Gasteiger partial charge in [0.2, 0.25) is 6.08 Å². The van der Waals surface area contributed by atoms with Gasteiger partial charge >= 0.3 is 0 Å². The summed E-state index contributed by atoms with van der Waals surface area (Å²) >= 11 is 0. The third-order valence-electron chi connectivity index (χ3n) is 4.08. The molecule has 0 atom stereocenters. The van der Waals surface area contributed by atoms with Gasteiger partial charge in [0.1, 0.15) is 12.4 Å². The Kier molecular flexibility index (Phi) is 5.05. The molecule has 26 heavy (non-hydrogen) atoms. The van der Waals surface area contributed by atoms with E-state index in [1.807, 2.05) is 0 Å². The van der Waals surface area contributed by atoms with E-state index in [0.29, 0.717) is 30.6 Å². The van der Waals surface area contributed by atoms with Crippen LogP contribution < -0.4 is 16.2 Å². The molecule has 0 saturated heterocycles. The van der Waals surface area contributed by atoms with Gasteiger partial charge in [0.25, 0.3) is 17.4 Å². The summed E-state index contributed by atoms with van der Waals surface area (Å²) in [5.74, 6) is -0.807. The summed E-state index contributed by atoms with van der Waals surface area (Å²) in [4.78, 5) is 51.4. The lowest BCUT2D eigenvalue weighted by Gasteiger charge is -2.15. The second kappa shape index (κ2) is 7.58. The van der Waals surface area contributed by atoms with Crippen LogP contribution in [0.25, 0.3) is 0 Å². The number of nitrogens with one attached hydrogen (secondary N) is 2. The highest BCUT2D eigenvalue weighted by molar-refractivity contribution is 6.05. The minimum atomic E-state index is -0.526. The lowest BCUT2D eigenvalue weighted by Crippen LogP contribution is -2.31. The Morgan fingerprint density at radius 1 is 1.27 bits per heavy atom. The van der Waals surface area contributed by atoms with E-state index in [-0.39, 0.29) is 23.8 Å². The van der Waals surface area contributed by atoms with E-state index in [4.69, 9.17) is 0 Å². The van der Waals surface area contributed by atoms with Gasteiger partial charge in [0.05, 0.1) is 5.56 Å². The van der Waals surface area contributed by atoms with Crippen LogP contribution in [0.4, 0.5) is 5.69 Å². The third-order valence-corrected chi connectivity index (χ3v) is 4.08. The number of benzene rings is 1. The van der Waals surface area contributed by atoms with E-state index < -0.39 is 11.5 Å². The number of anilines is 1. The monoisotopic (exact) mass is 352 g/mol. The third kappa shape index (κ3) is 3.45. The van der Waals surface area contributed by atoms with Crippen LogP contribution in [-0.4, -0.2) is 29.0 Å². The first-order chi connectivity index (χ1) is 12.6. The standard InChI is InChI=1S/C18H16N4O4/c23-11-19-10-22-15-7-4-8-20-17(25)13(15)9-14(18(22)26)21-16(24)12-5-2-1-3-6-12/h1-3,5-6,9H,4,7-8,10H2,(H,20,25)(H,21,24). The predicted octanol–water partition coefficient (Wildman–Crippen LogP) is 1.07. The molecule has 8 heteroatoms. The highest BCUT2D eigenvalue weighted by Gasteiger charge is 2.22. The molecule has 2 amide bonds. The molecule has 8 nitrogen and oxygen atoms in total. The molecular formula is C18H16N4O4. The van der Waals surface area contributed by atoms with E-state index in [1.165, 1.54) is 16.7 Å². The number of aromatic nitrogens is 1. The molecule has 0 bridgehead atoms. The van der Waals surface area contributed by atoms with E-state index in [0.717, 1.165) is 0 Å². The summed E-state index contributed by atoms with van der Waals surface area (Å²) in [5.41, 5.74) is 0.578. The number of aliphatic imine (C=N–C) groups is 1. The van der Waals surface area contributed by atoms with Gasteiger partial charge in [-0.2, -0.15) is 4.99 Å². The first kappa shape index (κ1) is 17.3. The van der Waals surface area contributed by atoms with Gasteiger partial charge in [-0.15, -0.1) is 0 Å². The SMILES string of the molecule is O=C=NCn1c2c(cc(NC(=O)c3ccccc3)c1=O)C(=O)NCCC2. The summed E-state index contributed by atoms with van der Waals surface area (Å²) in [6, 6.07) is 9.78.